The number of rotatable bonds is 8. The molecule has 1 aliphatic carbocycles. The molecule has 2 amide bonds. The highest BCUT2D eigenvalue weighted by atomic mass is 16.5. The Hall–Kier alpha value is -2.09. The van der Waals surface area contributed by atoms with E-state index in [1.54, 1.807) is 12.0 Å². The molecular weight excluding hydrogens is 326 g/mol. The number of nitrogens with zero attached hydrogens (tertiary/aromatic N) is 2. The smallest absolute Gasteiger partial charge is 0.360 e. The Morgan fingerprint density at radius 3 is 2.76 bits per heavy atom. The summed E-state index contributed by atoms with van der Waals surface area (Å²) in [5.41, 5.74) is 0.0991. The SMILES string of the molecule is COCCCN(Cc1nc(C(=O)OC)co1)C(=O)NC1CCCCC1. The van der Waals surface area contributed by atoms with Crippen LogP contribution in [0, 0.1) is 0 Å². The van der Waals surface area contributed by atoms with Crippen LogP contribution in [-0.2, 0) is 16.0 Å². The molecule has 1 N–H and O–H groups in total. The second kappa shape index (κ2) is 10.0. The molecule has 0 atom stereocenters. The zero-order chi connectivity index (χ0) is 18.1. The van der Waals surface area contributed by atoms with Crippen molar-refractivity contribution in [3.63, 3.8) is 0 Å². The van der Waals surface area contributed by atoms with Gasteiger partial charge in [-0.05, 0) is 19.3 Å². The Labute approximate surface area is 147 Å². The maximum Gasteiger partial charge on any atom is 0.360 e. The molecule has 8 heteroatoms. The number of hydrogen-bond donors (Lipinski definition) is 1. The number of esters is 1. The van der Waals surface area contributed by atoms with E-state index in [1.807, 2.05) is 0 Å². The first kappa shape index (κ1) is 19.2. The van der Waals surface area contributed by atoms with Gasteiger partial charge < -0.3 is 24.1 Å². The first-order chi connectivity index (χ1) is 12.1. The van der Waals surface area contributed by atoms with Crippen molar-refractivity contribution in [2.24, 2.45) is 0 Å². The molecule has 25 heavy (non-hydrogen) atoms. The number of urea groups is 1. The summed E-state index contributed by atoms with van der Waals surface area (Å²) in [5, 5.41) is 3.09. The van der Waals surface area contributed by atoms with Crippen LogP contribution in [0.1, 0.15) is 54.9 Å². The second-order valence-corrected chi connectivity index (χ2v) is 6.17. The summed E-state index contributed by atoms with van der Waals surface area (Å²) in [7, 11) is 2.91. The summed E-state index contributed by atoms with van der Waals surface area (Å²) in [4.78, 5) is 29.8. The lowest BCUT2D eigenvalue weighted by atomic mass is 9.96. The van der Waals surface area contributed by atoms with Crippen LogP contribution in [-0.4, -0.2) is 55.3 Å². The maximum atomic E-state index is 12.6. The first-order valence-corrected chi connectivity index (χ1v) is 8.71. The van der Waals surface area contributed by atoms with Crippen molar-refractivity contribution in [2.75, 3.05) is 27.4 Å². The number of methoxy groups -OCH3 is 2. The molecule has 1 aromatic heterocycles. The summed E-state index contributed by atoms with van der Waals surface area (Å²) >= 11 is 0. The largest absolute Gasteiger partial charge is 0.464 e. The van der Waals surface area contributed by atoms with Crippen molar-refractivity contribution in [3.8, 4) is 0 Å². The van der Waals surface area contributed by atoms with Gasteiger partial charge in [-0.3, -0.25) is 0 Å². The van der Waals surface area contributed by atoms with Gasteiger partial charge in [0.2, 0.25) is 5.89 Å². The van der Waals surface area contributed by atoms with Crippen LogP contribution >= 0.6 is 0 Å². The van der Waals surface area contributed by atoms with Crippen molar-refractivity contribution in [2.45, 2.75) is 51.1 Å². The standard InChI is InChI=1S/C17H27N3O5/c1-23-10-6-9-20(17(22)18-13-7-4-3-5-8-13)11-15-19-14(12-25-15)16(21)24-2/h12-13H,3-11H2,1-2H3,(H,18,22). The lowest BCUT2D eigenvalue weighted by molar-refractivity contribution is 0.0594. The minimum Gasteiger partial charge on any atom is -0.464 e. The van der Waals surface area contributed by atoms with Crippen molar-refractivity contribution in [1.29, 1.82) is 0 Å². The van der Waals surface area contributed by atoms with E-state index in [9.17, 15) is 9.59 Å². The van der Waals surface area contributed by atoms with Crippen molar-refractivity contribution >= 4 is 12.0 Å². The van der Waals surface area contributed by atoms with E-state index in [2.05, 4.69) is 15.0 Å². The number of hydrogen-bond acceptors (Lipinski definition) is 6. The average Bonchev–Trinajstić information content (AvgIpc) is 3.10. The lowest BCUT2D eigenvalue weighted by Gasteiger charge is -2.27. The maximum absolute atomic E-state index is 12.6. The normalized spacial score (nSPS) is 15.0. The first-order valence-electron chi connectivity index (χ1n) is 8.71. The van der Waals surface area contributed by atoms with Crippen LogP contribution in [0.15, 0.2) is 10.7 Å². The van der Waals surface area contributed by atoms with Crippen molar-refractivity contribution < 1.29 is 23.5 Å². The molecule has 0 aliphatic heterocycles. The molecular formula is C17H27N3O5. The molecule has 1 aromatic rings. The Bertz CT molecular complexity index is 554. The van der Waals surface area contributed by atoms with Gasteiger partial charge in [0.05, 0.1) is 13.7 Å². The minimum atomic E-state index is -0.562. The summed E-state index contributed by atoms with van der Waals surface area (Å²) in [6.07, 6.45) is 7.52. The third kappa shape index (κ3) is 6.04. The Kier molecular flexibility index (Phi) is 7.72. The number of carbonyl (C=O) groups is 2. The molecule has 1 fully saturated rings. The molecule has 0 aromatic carbocycles. The molecule has 0 radical (unpaired) electrons. The van der Waals surface area contributed by atoms with E-state index in [0.29, 0.717) is 25.5 Å². The van der Waals surface area contributed by atoms with E-state index in [0.717, 1.165) is 25.7 Å². The molecule has 2 rings (SSSR count). The van der Waals surface area contributed by atoms with Gasteiger partial charge in [0.25, 0.3) is 0 Å². The molecule has 1 heterocycles. The number of aromatic nitrogens is 1. The Balaban J connectivity index is 1.97. The van der Waals surface area contributed by atoms with E-state index in [4.69, 9.17) is 9.15 Å². The van der Waals surface area contributed by atoms with Crippen LogP contribution in [0.25, 0.3) is 0 Å². The molecule has 140 valence electrons. The number of oxazole rings is 1. The fraction of sp³-hybridized carbons (Fsp3) is 0.706. The Morgan fingerprint density at radius 2 is 2.08 bits per heavy atom. The third-order valence-corrected chi connectivity index (χ3v) is 4.27. The molecule has 0 saturated heterocycles. The van der Waals surface area contributed by atoms with Gasteiger partial charge in [-0.15, -0.1) is 0 Å². The summed E-state index contributed by atoms with van der Waals surface area (Å²) in [6.45, 7) is 1.27. The van der Waals surface area contributed by atoms with Gasteiger partial charge in [-0.25, -0.2) is 14.6 Å². The number of ether oxygens (including phenoxy) is 2. The number of nitrogens with one attached hydrogen (secondary N) is 1. The highest BCUT2D eigenvalue weighted by molar-refractivity contribution is 5.86. The predicted octanol–water partition coefficient (Wildman–Crippen LogP) is 2.34. The van der Waals surface area contributed by atoms with Gasteiger partial charge >= 0.3 is 12.0 Å². The van der Waals surface area contributed by atoms with Crippen molar-refractivity contribution in [3.05, 3.63) is 17.8 Å². The summed E-state index contributed by atoms with van der Waals surface area (Å²) < 4.78 is 15.0. The molecule has 0 bridgehead atoms. The fourth-order valence-corrected chi connectivity index (χ4v) is 2.91. The summed E-state index contributed by atoms with van der Waals surface area (Å²) in [6, 6.07) is 0.0854. The van der Waals surface area contributed by atoms with Gasteiger partial charge in [0, 0.05) is 26.3 Å². The summed E-state index contributed by atoms with van der Waals surface area (Å²) in [5.74, 6) is -0.260. The predicted molar refractivity (Wildman–Crippen MR) is 90.2 cm³/mol. The highest BCUT2D eigenvalue weighted by Gasteiger charge is 2.22. The highest BCUT2D eigenvalue weighted by Crippen LogP contribution is 2.18. The molecule has 0 unspecified atom stereocenters. The molecule has 0 spiro atoms. The van der Waals surface area contributed by atoms with Gasteiger partial charge in [-0.2, -0.15) is 0 Å². The lowest BCUT2D eigenvalue weighted by Crippen LogP contribution is -2.45. The molecule has 8 nitrogen and oxygen atoms in total. The molecule has 1 saturated carbocycles. The van der Waals surface area contributed by atoms with E-state index >= 15 is 0 Å². The van der Waals surface area contributed by atoms with Crippen LogP contribution in [0.4, 0.5) is 4.79 Å². The van der Waals surface area contributed by atoms with Crippen LogP contribution in [0.5, 0.6) is 0 Å². The third-order valence-electron chi connectivity index (χ3n) is 4.27. The zero-order valence-electron chi connectivity index (χ0n) is 15.0. The quantitative estimate of drug-likeness (QED) is 0.569. The van der Waals surface area contributed by atoms with Gasteiger partial charge in [0.15, 0.2) is 5.69 Å². The monoisotopic (exact) mass is 353 g/mol. The zero-order valence-corrected chi connectivity index (χ0v) is 15.0. The van der Waals surface area contributed by atoms with E-state index < -0.39 is 5.97 Å². The van der Waals surface area contributed by atoms with E-state index in [1.165, 1.54) is 19.8 Å². The van der Waals surface area contributed by atoms with Crippen LogP contribution in [0.3, 0.4) is 0 Å². The second-order valence-electron chi connectivity index (χ2n) is 6.17. The molecule has 1 aliphatic rings. The number of amides is 2. The van der Waals surface area contributed by atoms with E-state index in [-0.39, 0.29) is 24.3 Å². The topological polar surface area (TPSA) is 93.9 Å². The fourth-order valence-electron chi connectivity index (χ4n) is 2.91. The average molecular weight is 353 g/mol. The van der Waals surface area contributed by atoms with Crippen LogP contribution < -0.4 is 5.32 Å². The van der Waals surface area contributed by atoms with Crippen molar-refractivity contribution in [1.82, 2.24) is 15.2 Å². The van der Waals surface area contributed by atoms with Gasteiger partial charge in [-0.1, -0.05) is 19.3 Å². The van der Waals surface area contributed by atoms with Crippen LogP contribution in [0.2, 0.25) is 0 Å². The minimum absolute atomic E-state index is 0.0991. The Morgan fingerprint density at radius 1 is 1.32 bits per heavy atom. The van der Waals surface area contributed by atoms with Gasteiger partial charge in [0.1, 0.15) is 6.26 Å². The number of carbonyl (C=O) groups excluding carboxylic acids is 2.